The van der Waals surface area contributed by atoms with E-state index in [1.54, 1.807) is 0 Å². The molecule has 3 aromatic rings. The normalized spacial score (nSPS) is 15.4. The number of aryl methyl sites for hydroxylation is 1. The molecular formula is C26H29ClN2O. The van der Waals surface area contributed by atoms with E-state index in [-0.39, 0.29) is 5.91 Å². The highest BCUT2D eigenvalue weighted by molar-refractivity contribution is 6.30. The molecule has 0 aromatic heterocycles. The second-order valence-corrected chi connectivity index (χ2v) is 8.78. The molecule has 0 spiro atoms. The predicted octanol–water partition coefficient (Wildman–Crippen LogP) is 5.67. The topological polar surface area (TPSA) is 32.3 Å². The first kappa shape index (κ1) is 20.9. The summed E-state index contributed by atoms with van der Waals surface area (Å²) in [6.45, 7) is 2.93. The molecular weight excluding hydrogens is 392 g/mol. The van der Waals surface area contributed by atoms with Crippen molar-refractivity contribution in [2.45, 2.75) is 31.6 Å². The van der Waals surface area contributed by atoms with Crippen molar-refractivity contribution in [3.63, 3.8) is 0 Å². The third-order valence-corrected chi connectivity index (χ3v) is 6.43. The average molecular weight is 421 g/mol. The molecule has 1 amide bonds. The molecule has 156 valence electrons. The van der Waals surface area contributed by atoms with Gasteiger partial charge in [-0.1, -0.05) is 48.0 Å². The van der Waals surface area contributed by atoms with Crippen LogP contribution in [0.2, 0.25) is 5.02 Å². The molecule has 0 unspecified atom stereocenters. The lowest BCUT2D eigenvalue weighted by Gasteiger charge is -2.30. The fourth-order valence-corrected chi connectivity index (χ4v) is 4.49. The van der Waals surface area contributed by atoms with Gasteiger partial charge in [-0.2, -0.15) is 0 Å². The van der Waals surface area contributed by atoms with Gasteiger partial charge < -0.3 is 10.2 Å². The number of hydrogen-bond acceptors (Lipinski definition) is 2. The first-order valence-electron chi connectivity index (χ1n) is 10.8. The van der Waals surface area contributed by atoms with Crippen molar-refractivity contribution >= 4 is 28.3 Å². The molecule has 0 aliphatic carbocycles. The van der Waals surface area contributed by atoms with Gasteiger partial charge in [0.15, 0.2) is 0 Å². The molecule has 1 aliphatic heterocycles. The largest absolute Gasteiger partial charge is 0.352 e. The van der Waals surface area contributed by atoms with E-state index in [0.29, 0.717) is 12.5 Å². The van der Waals surface area contributed by atoms with Crippen LogP contribution in [0.15, 0.2) is 60.7 Å². The quantitative estimate of drug-likeness (QED) is 0.521. The highest BCUT2D eigenvalue weighted by atomic mass is 35.5. The Labute approximate surface area is 184 Å². The van der Waals surface area contributed by atoms with Crippen molar-refractivity contribution in [3.8, 4) is 0 Å². The molecule has 30 heavy (non-hydrogen) atoms. The Bertz CT molecular complexity index is 1010. The molecule has 0 saturated carbocycles. The lowest BCUT2D eigenvalue weighted by Crippen LogP contribution is -2.29. The summed E-state index contributed by atoms with van der Waals surface area (Å²) in [4.78, 5) is 15.1. The molecule has 0 radical (unpaired) electrons. The minimum Gasteiger partial charge on any atom is -0.352 e. The van der Waals surface area contributed by atoms with Crippen LogP contribution in [-0.2, 0) is 6.42 Å². The van der Waals surface area contributed by atoms with Crippen LogP contribution in [0, 0.1) is 0 Å². The van der Waals surface area contributed by atoms with E-state index in [2.05, 4.69) is 47.6 Å². The summed E-state index contributed by atoms with van der Waals surface area (Å²) in [5.74, 6) is 0.578. The minimum atomic E-state index is 0.00573. The summed E-state index contributed by atoms with van der Waals surface area (Å²) in [5, 5.41) is 6.27. The van der Waals surface area contributed by atoms with E-state index in [0.717, 1.165) is 36.5 Å². The number of halogens is 1. The zero-order valence-electron chi connectivity index (χ0n) is 17.5. The van der Waals surface area contributed by atoms with Gasteiger partial charge in [-0.15, -0.1) is 0 Å². The standard InChI is InChI=1S/C26H29ClN2O/c1-29-16-13-21(14-17-29)24-6-2-5-20-9-10-22(18-25(20)24)26(30)28-15-3-4-19-7-11-23(27)12-8-19/h2,5-12,18,21H,3-4,13-17H2,1H3,(H,28,30). The van der Waals surface area contributed by atoms with Crippen molar-refractivity contribution in [3.05, 3.63) is 82.4 Å². The van der Waals surface area contributed by atoms with Gasteiger partial charge in [-0.3, -0.25) is 4.79 Å². The Morgan fingerprint density at radius 1 is 1.07 bits per heavy atom. The molecule has 0 bridgehead atoms. The Morgan fingerprint density at radius 2 is 1.83 bits per heavy atom. The van der Waals surface area contributed by atoms with Crippen molar-refractivity contribution in [1.82, 2.24) is 10.2 Å². The maximum absolute atomic E-state index is 12.7. The van der Waals surface area contributed by atoms with Gasteiger partial charge >= 0.3 is 0 Å². The van der Waals surface area contributed by atoms with Gasteiger partial charge in [0.05, 0.1) is 0 Å². The predicted molar refractivity (Wildman–Crippen MR) is 126 cm³/mol. The lowest BCUT2D eigenvalue weighted by molar-refractivity contribution is 0.0953. The average Bonchev–Trinajstić information content (AvgIpc) is 2.77. The van der Waals surface area contributed by atoms with Crippen LogP contribution in [0.5, 0.6) is 0 Å². The molecule has 1 aliphatic rings. The zero-order chi connectivity index (χ0) is 20.9. The number of likely N-dealkylation sites (tertiary alicyclic amines) is 1. The van der Waals surface area contributed by atoms with Gasteiger partial charge in [0, 0.05) is 17.1 Å². The number of amides is 1. The van der Waals surface area contributed by atoms with Crippen molar-refractivity contribution in [2.75, 3.05) is 26.7 Å². The van der Waals surface area contributed by atoms with Crippen LogP contribution in [0.1, 0.15) is 46.7 Å². The van der Waals surface area contributed by atoms with Gasteiger partial charge in [0.1, 0.15) is 0 Å². The second-order valence-electron chi connectivity index (χ2n) is 8.35. The molecule has 4 rings (SSSR count). The summed E-state index contributed by atoms with van der Waals surface area (Å²) in [5.41, 5.74) is 3.37. The summed E-state index contributed by atoms with van der Waals surface area (Å²) < 4.78 is 0. The Morgan fingerprint density at radius 3 is 2.60 bits per heavy atom. The number of hydrogen-bond donors (Lipinski definition) is 1. The van der Waals surface area contributed by atoms with Gasteiger partial charge in [0.2, 0.25) is 0 Å². The summed E-state index contributed by atoms with van der Waals surface area (Å²) in [7, 11) is 2.19. The number of nitrogens with zero attached hydrogens (tertiary/aromatic N) is 1. The number of benzene rings is 3. The molecule has 1 N–H and O–H groups in total. The first-order valence-corrected chi connectivity index (χ1v) is 11.2. The maximum atomic E-state index is 12.7. The van der Waals surface area contributed by atoms with Gasteiger partial charge in [-0.25, -0.2) is 0 Å². The Kier molecular flexibility index (Phi) is 6.71. The number of rotatable bonds is 6. The Balaban J connectivity index is 1.41. The van der Waals surface area contributed by atoms with Crippen LogP contribution >= 0.6 is 11.6 Å². The highest BCUT2D eigenvalue weighted by Gasteiger charge is 2.20. The third kappa shape index (κ3) is 5.03. The summed E-state index contributed by atoms with van der Waals surface area (Å²) in [6, 6.07) is 20.5. The fourth-order valence-electron chi connectivity index (χ4n) is 4.36. The molecule has 1 fully saturated rings. The summed E-state index contributed by atoms with van der Waals surface area (Å²) in [6.07, 6.45) is 4.19. The fraction of sp³-hybridized carbons (Fsp3) is 0.346. The third-order valence-electron chi connectivity index (χ3n) is 6.18. The van der Waals surface area contributed by atoms with Crippen LogP contribution < -0.4 is 5.32 Å². The number of nitrogens with one attached hydrogen (secondary N) is 1. The molecule has 1 saturated heterocycles. The highest BCUT2D eigenvalue weighted by Crippen LogP contribution is 2.33. The van der Waals surface area contributed by atoms with E-state index in [4.69, 9.17) is 11.6 Å². The lowest BCUT2D eigenvalue weighted by atomic mass is 9.86. The maximum Gasteiger partial charge on any atom is 0.251 e. The van der Waals surface area contributed by atoms with Crippen molar-refractivity contribution in [1.29, 1.82) is 0 Å². The summed E-state index contributed by atoms with van der Waals surface area (Å²) >= 11 is 5.93. The van der Waals surface area contributed by atoms with Crippen molar-refractivity contribution < 1.29 is 4.79 Å². The zero-order valence-corrected chi connectivity index (χ0v) is 18.3. The molecule has 0 atom stereocenters. The van der Waals surface area contributed by atoms with Gasteiger partial charge in [0.25, 0.3) is 5.91 Å². The number of carbonyl (C=O) groups excluding carboxylic acids is 1. The smallest absolute Gasteiger partial charge is 0.251 e. The Hall–Kier alpha value is -2.36. The van der Waals surface area contributed by atoms with Crippen LogP contribution in [0.25, 0.3) is 10.8 Å². The molecule has 1 heterocycles. The van der Waals surface area contributed by atoms with Gasteiger partial charge in [-0.05, 0) is 97.9 Å². The second kappa shape index (κ2) is 9.63. The number of piperidine rings is 1. The number of carbonyl (C=O) groups is 1. The van der Waals surface area contributed by atoms with Crippen LogP contribution in [0.3, 0.4) is 0 Å². The van der Waals surface area contributed by atoms with Crippen molar-refractivity contribution in [2.24, 2.45) is 0 Å². The SMILES string of the molecule is CN1CCC(c2cccc3ccc(C(=O)NCCCc4ccc(Cl)cc4)cc23)CC1. The van der Waals surface area contributed by atoms with Crippen LogP contribution in [-0.4, -0.2) is 37.5 Å². The van der Waals surface area contributed by atoms with E-state index >= 15 is 0 Å². The van der Waals surface area contributed by atoms with E-state index in [1.165, 1.54) is 34.7 Å². The van der Waals surface area contributed by atoms with Crippen LogP contribution in [0.4, 0.5) is 0 Å². The van der Waals surface area contributed by atoms with E-state index in [1.807, 2.05) is 30.3 Å². The minimum absolute atomic E-state index is 0.00573. The van der Waals surface area contributed by atoms with E-state index in [9.17, 15) is 4.79 Å². The first-order chi connectivity index (χ1) is 14.6. The molecule has 3 aromatic carbocycles. The molecule has 4 heteroatoms. The number of fused-ring (bicyclic) bond motifs is 1. The van der Waals surface area contributed by atoms with E-state index < -0.39 is 0 Å². The monoisotopic (exact) mass is 420 g/mol. The molecule has 3 nitrogen and oxygen atoms in total.